The zero-order chi connectivity index (χ0) is 14.7. The highest BCUT2D eigenvalue weighted by Crippen LogP contribution is 2.34. The average molecular weight is 299 g/mol. The van der Waals surface area contributed by atoms with Crippen molar-refractivity contribution in [2.75, 3.05) is 6.54 Å². The zero-order valence-corrected chi connectivity index (χ0v) is 12.2. The first-order valence-corrected chi connectivity index (χ1v) is 7.36. The van der Waals surface area contributed by atoms with E-state index in [0.717, 1.165) is 23.9 Å². The topological polar surface area (TPSA) is 12.0 Å². The lowest BCUT2D eigenvalue weighted by atomic mass is 10.1. The van der Waals surface area contributed by atoms with Crippen molar-refractivity contribution < 1.29 is 13.2 Å². The number of halogens is 3. The Balaban J connectivity index is 2.35. The first-order valence-electron chi connectivity index (χ1n) is 6.54. The van der Waals surface area contributed by atoms with Gasteiger partial charge in [-0.15, -0.1) is 11.3 Å². The Bertz CT molecular complexity index is 595. The molecule has 1 nitrogen and oxygen atoms in total. The highest BCUT2D eigenvalue weighted by atomic mass is 32.1. The van der Waals surface area contributed by atoms with Gasteiger partial charge in [0.1, 0.15) is 5.82 Å². The Morgan fingerprint density at radius 3 is 2.40 bits per heavy atom. The van der Waals surface area contributed by atoms with Gasteiger partial charge in [-0.05, 0) is 31.2 Å². The molecule has 1 N–H and O–H groups in total. The SMILES string of the molecule is CCNC(CC)c1ccc(-c2cc(F)c(F)cc2F)s1. The summed E-state index contributed by atoms with van der Waals surface area (Å²) in [5, 5.41) is 3.33. The molecule has 1 heterocycles. The number of hydrogen-bond donors (Lipinski definition) is 1. The van der Waals surface area contributed by atoms with Crippen LogP contribution in [0.25, 0.3) is 10.4 Å². The normalized spacial score (nSPS) is 12.7. The number of thiophene rings is 1. The minimum Gasteiger partial charge on any atom is -0.310 e. The van der Waals surface area contributed by atoms with Crippen LogP contribution in [0, 0.1) is 17.5 Å². The van der Waals surface area contributed by atoms with Crippen LogP contribution < -0.4 is 5.32 Å². The van der Waals surface area contributed by atoms with Gasteiger partial charge in [0.2, 0.25) is 0 Å². The van der Waals surface area contributed by atoms with Gasteiger partial charge in [-0.2, -0.15) is 0 Å². The molecule has 0 aliphatic heterocycles. The molecule has 0 bridgehead atoms. The van der Waals surface area contributed by atoms with Gasteiger partial charge in [-0.3, -0.25) is 0 Å². The summed E-state index contributed by atoms with van der Waals surface area (Å²) in [7, 11) is 0. The van der Waals surface area contributed by atoms with Crippen LogP contribution in [0.15, 0.2) is 24.3 Å². The molecule has 0 radical (unpaired) electrons. The molecule has 0 aliphatic rings. The Kier molecular flexibility index (Phi) is 4.83. The maximum Gasteiger partial charge on any atom is 0.161 e. The Hall–Kier alpha value is -1.33. The third-order valence-corrected chi connectivity index (χ3v) is 4.34. The minimum absolute atomic E-state index is 0.103. The highest BCUT2D eigenvalue weighted by Gasteiger charge is 2.16. The molecule has 5 heteroatoms. The Morgan fingerprint density at radius 1 is 1.05 bits per heavy atom. The summed E-state index contributed by atoms with van der Waals surface area (Å²) < 4.78 is 39.9. The molecular weight excluding hydrogens is 283 g/mol. The van der Waals surface area contributed by atoms with Gasteiger partial charge in [0.25, 0.3) is 0 Å². The lowest BCUT2D eigenvalue weighted by Crippen LogP contribution is -2.18. The molecule has 0 saturated carbocycles. The van der Waals surface area contributed by atoms with Crippen molar-refractivity contribution in [3.05, 3.63) is 46.6 Å². The van der Waals surface area contributed by atoms with Crippen LogP contribution in [0.3, 0.4) is 0 Å². The largest absolute Gasteiger partial charge is 0.310 e. The minimum atomic E-state index is -1.16. The van der Waals surface area contributed by atoms with E-state index >= 15 is 0 Å². The van der Waals surface area contributed by atoms with Crippen LogP contribution in [0.1, 0.15) is 31.2 Å². The van der Waals surface area contributed by atoms with Crippen molar-refractivity contribution >= 4 is 11.3 Å². The van der Waals surface area contributed by atoms with Crippen molar-refractivity contribution in [2.45, 2.75) is 26.3 Å². The molecular formula is C15H16F3NS. The molecule has 108 valence electrons. The molecule has 2 aromatic rings. The average Bonchev–Trinajstić information content (AvgIpc) is 2.89. The van der Waals surface area contributed by atoms with Crippen LogP contribution in [-0.2, 0) is 0 Å². The third-order valence-electron chi connectivity index (χ3n) is 3.10. The summed E-state index contributed by atoms with van der Waals surface area (Å²) in [5.41, 5.74) is 0.103. The molecule has 0 amide bonds. The highest BCUT2D eigenvalue weighted by molar-refractivity contribution is 7.15. The van der Waals surface area contributed by atoms with Crippen LogP contribution in [-0.4, -0.2) is 6.54 Å². The fourth-order valence-corrected chi connectivity index (χ4v) is 3.27. The predicted molar refractivity (Wildman–Crippen MR) is 76.3 cm³/mol. The number of rotatable bonds is 5. The smallest absolute Gasteiger partial charge is 0.161 e. The van der Waals surface area contributed by atoms with E-state index in [-0.39, 0.29) is 11.6 Å². The molecule has 1 aromatic heterocycles. The summed E-state index contributed by atoms with van der Waals surface area (Å²) in [6.07, 6.45) is 0.911. The molecule has 1 atom stereocenters. The first kappa shape index (κ1) is 15.1. The zero-order valence-electron chi connectivity index (χ0n) is 11.3. The van der Waals surface area contributed by atoms with Crippen molar-refractivity contribution in [2.24, 2.45) is 0 Å². The quantitative estimate of drug-likeness (QED) is 0.775. The fourth-order valence-electron chi connectivity index (χ4n) is 2.09. The molecule has 20 heavy (non-hydrogen) atoms. The molecule has 0 fully saturated rings. The van der Waals surface area contributed by atoms with E-state index in [9.17, 15) is 13.2 Å². The summed E-state index contributed by atoms with van der Waals surface area (Å²) in [4.78, 5) is 1.67. The molecule has 2 rings (SSSR count). The Labute approximate surface area is 120 Å². The van der Waals surface area contributed by atoms with Crippen molar-refractivity contribution in [1.29, 1.82) is 0 Å². The number of benzene rings is 1. The summed E-state index contributed by atoms with van der Waals surface area (Å²) in [6.45, 7) is 4.92. The standard InChI is InChI=1S/C15H16F3NS/c1-3-13(19-4-2)15-6-5-14(20-15)9-7-11(17)12(18)8-10(9)16/h5-8,13,19H,3-4H2,1-2H3. The lowest BCUT2D eigenvalue weighted by Gasteiger charge is -2.13. The first-order chi connectivity index (χ1) is 9.56. The van der Waals surface area contributed by atoms with E-state index in [1.165, 1.54) is 11.3 Å². The van der Waals surface area contributed by atoms with Crippen LogP contribution in [0.5, 0.6) is 0 Å². The van der Waals surface area contributed by atoms with Crippen LogP contribution in [0.4, 0.5) is 13.2 Å². The second kappa shape index (κ2) is 6.41. The Morgan fingerprint density at radius 2 is 1.75 bits per heavy atom. The van der Waals surface area contributed by atoms with E-state index in [1.54, 1.807) is 6.07 Å². The second-order valence-corrected chi connectivity index (χ2v) is 5.58. The van der Waals surface area contributed by atoms with Crippen LogP contribution >= 0.6 is 11.3 Å². The van der Waals surface area contributed by atoms with E-state index in [2.05, 4.69) is 12.2 Å². The number of hydrogen-bond acceptors (Lipinski definition) is 2. The molecule has 0 saturated heterocycles. The van der Waals surface area contributed by atoms with Crippen LogP contribution in [0.2, 0.25) is 0 Å². The van der Waals surface area contributed by atoms with E-state index < -0.39 is 17.5 Å². The predicted octanol–water partition coefficient (Wildman–Crippen LogP) is 4.89. The van der Waals surface area contributed by atoms with Crippen molar-refractivity contribution in [3.63, 3.8) is 0 Å². The van der Waals surface area contributed by atoms with Gasteiger partial charge in [0.05, 0.1) is 0 Å². The third kappa shape index (κ3) is 3.04. The number of nitrogens with one attached hydrogen (secondary N) is 1. The van der Waals surface area contributed by atoms with Gasteiger partial charge in [0.15, 0.2) is 11.6 Å². The summed E-state index contributed by atoms with van der Waals surface area (Å²) in [6, 6.07) is 5.35. The maximum absolute atomic E-state index is 13.7. The molecule has 0 spiro atoms. The monoisotopic (exact) mass is 299 g/mol. The van der Waals surface area contributed by atoms with E-state index in [4.69, 9.17) is 0 Å². The van der Waals surface area contributed by atoms with E-state index in [0.29, 0.717) is 10.9 Å². The van der Waals surface area contributed by atoms with E-state index in [1.807, 2.05) is 13.0 Å². The fraction of sp³-hybridized carbons (Fsp3) is 0.333. The van der Waals surface area contributed by atoms with Gasteiger partial charge < -0.3 is 5.32 Å². The maximum atomic E-state index is 13.7. The second-order valence-electron chi connectivity index (χ2n) is 4.47. The van der Waals surface area contributed by atoms with Crippen molar-refractivity contribution in [1.82, 2.24) is 5.32 Å². The molecule has 1 unspecified atom stereocenters. The summed E-state index contributed by atoms with van der Waals surface area (Å²) >= 11 is 1.40. The van der Waals surface area contributed by atoms with Gasteiger partial charge in [-0.25, -0.2) is 13.2 Å². The molecule has 0 aliphatic carbocycles. The lowest BCUT2D eigenvalue weighted by molar-refractivity contribution is 0.496. The molecule has 1 aromatic carbocycles. The van der Waals surface area contributed by atoms with Crippen molar-refractivity contribution in [3.8, 4) is 10.4 Å². The van der Waals surface area contributed by atoms with Gasteiger partial charge in [-0.1, -0.05) is 13.8 Å². The van der Waals surface area contributed by atoms with Gasteiger partial charge in [0, 0.05) is 27.4 Å². The summed E-state index contributed by atoms with van der Waals surface area (Å²) in [5.74, 6) is -2.94. The van der Waals surface area contributed by atoms with Gasteiger partial charge >= 0.3 is 0 Å².